The Hall–Kier alpha value is -0.540. The van der Waals surface area contributed by atoms with Crippen molar-refractivity contribution in [3.63, 3.8) is 0 Å². The van der Waals surface area contributed by atoms with E-state index >= 15 is 0 Å². The summed E-state index contributed by atoms with van der Waals surface area (Å²) in [5, 5.41) is 0. The number of anilines is 1. The zero-order valence-electron chi connectivity index (χ0n) is 12.0. The minimum atomic E-state index is 0.272. The Morgan fingerprint density at radius 2 is 2.21 bits per heavy atom. The molecule has 0 amide bonds. The molecule has 0 bridgehead atoms. The lowest BCUT2D eigenvalue weighted by Crippen LogP contribution is -2.22. The van der Waals surface area contributed by atoms with Crippen molar-refractivity contribution in [2.24, 2.45) is 11.7 Å². The highest BCUT2D eigenvalue weighted by atomic mass is 79.9. The maximum Gasteiger partial charge on any atom is 0.0510 e. The first-order valence-corrected chi connectivity index (χ1v) is 8.22. The van der Waals surface area contributed by atoms with Crippen molar-refractivity contribution < 1.29 is 0 Å². The van der Waals surface area contributed by atoms with Crippen LogP contribution in [0.2, 0.25) is 0 Å². The first-order valence-electron chi connectivity index (χ1n) is 7.43. The van der Waals surface area contributed by atoms with Crippen LogP contribution in [0.4, 0.5) is 5.69 Å². The maximum absolute atomic E-state index is 6.03. The SMILES string of the molecule is CCC(N)Cc1ccc(N2CCC(CC)C2)c(Br)c1. The fourth-order valence-electron chi connectivity index (χ4n) is 2.77. The smallest absolute Gasteiger partial charge is 0.0510 e. The first-order chi connectivity index (χ1) is 9.13. The average Bonchev–Trinajstić information content (AvgIpc) is 2.87. The van der Waals surface area contributed by atoms with E-state index in [1.54, 1.807) is 0 Å². The summed E-state index contributed by atoms with van der Waals surface area (Å²) >= 11 is 3.73. The molecule has 0 radical (unpaired) electrons. The number of rotatable bonds is 5. The topological polar surface area (TPSA) is 29.3 Å². The third-order valence-electron chi connectivity index (χ3n) is 4.24. The summed E-state index contributed by atoms with van der Waals surface area (Å²) in [5.74, 6) is 0.861. The lowest BCUT2D eigenvalue weighted by atomic mass is 10.0. The Kier molecular flexibility index (Phi) is 5.28. The normalized spacial score (nSPS) is 20.8. The van der Waals surface area contributed by atoms with E-state index in [-0.39, 0.29) is 6.04 Å². The zero-order chi connectivity index (χ0) is 13.8. The maximum atomic E-state index is 6.03. The predicted octanol–water partition coefficient (Wildman–Crippen LogP) is 3.97. The minimum absolute atomic E-state index is 0.272. The van der Waals surface area contributed by atoms with Crippen LogP contribution in [0.5, 0.6) is 0 Å². The van der Waals surface area contributed by atoms with Crippen molar-refractivity contribution in [2.45, 2.75) is 45.6 Å². The molecule has 0 aromatic heterocycles. The standard InChI is InChI=1S/C16H25BrN2/c1-3-12-7-8-19(11-12)16-6-5-13(10-15(16)17)9-14(18)4-2/h5-6,10,12,14H,3-4,7-9,11,18H2,1-2H3. The summed E-state index contributed by atoms with van der Waals surface area (Å²) in [6.45, 7) is 6.81. The molecular weight excluding hydrogens is 300 g/mol. The van der Waals surface area contributed by atoms with E-state index < -0.39 is 0 Å². The van der Waals surface area contributed by atoms with Crippen LogP contribution in [0.15, 0.2) is 22.7 Å². The molecule has 1 saturated heterocycles. The second kappa shape index (κ2) is 6.76. The van der Waals surface area contributed by atoms with Crippen molar-refractivity contribution in [2.75, 3.05) is 18.0 Å². The van der Waals surface area contributed by atoms with Crippen molar-refractivity contribution in [1.29, 1.82) is 0 Å². The molecule has 2 unspecified atom stereocenters. The molecule has 2 nitrogen and oxygen atoms in total. The Morgan fingerprint density at radius 3 is 2.79 bits per heavy atom. The van der Waals surface area contributed by atoms with E-state index in [0.717, 1.165) is 18.8 Å². The molecule has 0 aliphatic carbocycles. The van der Waals surface area contributed by atoms with Crippen LogP contribution in [0.25, 0.3) is 0 Å². The van der Waals surface area contributed by atoms with Gasteiger partial charge in [-0.05, 0) is 58.8 Å². The van der Waals surface area contributed by atoms with Gasteiger partial charge in [0.1, 0.15) is 0 Å². The molecule has 1 aromatic carbocycles. The fraction of sp³-hybridized carbons (Fsp3) is 0.625. The van der Waals surface area contributed by atoms with Gasteiger partial charge in [-0.1, -0.05) is 26.3 Å². The van der Waals surface area contributed by atoms with E-state index in [2.05, 4.69) is 52.9 Å². The molecule has 2 atom stereocenters. The highest BCUT2D eigenvalue weighted by Gasteiger charge is 2.22. The first kappa shape index (κ1) is 14.9. The number of nitrogens with two attached hydrogens (primary N) is 1. The van der Waals surface area contributed by atoms with E-state index in [1.165, 1.54) is 41.7 Å². The molecule has 1 aliphatic rings. The van der Waals surface area contributed by atoms with Gasteiger partial charge in [0.2, 0.25) is 0 Å². The molecule has 1 aromatic rings. The van der Waals surface area contributed by atoms with E-state index in [0.29, 0.717) is 0 Å². The summed E-state index contributed by atoms with van der Waals surface area (Å²) in [7, 11) is 0. The Morgan fingerprint density at radius 1 is 1.42 bits per heavy atom. The molecule has 1 aliphatic heterocycles. The third kappa shape index (κ3) is 3.73. The van der Waals surface area contributed by atoms with Crippen LogP contribution in [0, 0.1) is 5.92 Å². The van der Waals surface area contributed by atoms with Crippen molar-refractivity contribution >= 4 is 21.6 Å². The molecule has 1 heterocycles. The van der Waals surface area contributed by atoms with Crippen LogP contribution in [-0.4, -0.2) is 19.1 Å². The summed E-state index contributed by atoms with van der Waals surface area (Å²) in [6, 6.07) is 6.99. The number of halogens is 1. The van der Waals surface area contributed by atoms with E-state index in [4.69, 9.17) is 5.73 Å². The van der Waals surface area contributed by atoms with Gasteiger partial charge < -0.3 is 10.6 Å². The van der Waals surface area contributed by atoms with Crippen LogP contribution < -0.4 is 10.6 Å². The molecule has 2 rings (SSSR count). The highest BCUT2D eigenvalue weighted by Crippen LogP contribution is 2.32. The van der Waals surface area contributed by atoms with Gasteiger partial charge in [-0.25, -0.2) is 0 Å². The summed E-state index contributed by atoms with van der Waals surface area (Å²) in [6.07, 6.45) is 4.61. The molecule has 2 N–H and O–H groups in total. The van der Waals surface area contributed by atoms with Crippen molar-refractivity contribution in [3.8, 4) is 0 Å². The van der Waals surface area contributed by atoms with Gasteiger partial charge in [-0.3, -0.25) is 0 Å². The van der Waals surface area contributed by atoms with Crippen LogP contribution in [0.3, 0.4) is 0 Å². The Balaban J connectivity index is 2.07. The van der Waals surface area contributed by atoms with Gasteiger partial charge in [0.05, 0.1) is 5.69 Å². The third-order valence-corrected chi connectivity index (χ3v) is 4.87. The molecule has 19 heavy (non-hydrogen) atoms. The van der Waals surface area contributed by atoms with E-state index in [1.807, 2.05) is 0 Å². The van der Waals surface area contributed by atoms with Crippen molar-refractivity contribution in [3.05, 3.63) is 28.2 Å². The Bertz CT molecular complexity index is 419. The number of hydrogen-bond acceptors (Lipinski definition) is 2. The van der Waals surface area contributed by atoms with Crippen molar-refractivity contribution in [1.82, 2.24) is 0 Å². The number of nitrogens with zero attached hydrogens (tertiary/aromatic N) is 1. The Labute approximate surface area is 125 Å². The highest BCUT2D eigenvalue weighted by molar-refractivity contribution is 9.10. The molecule has 0 spiro atoms. The monoisotopic (exact) mass is 324 g/mol. The van der Waals surface area contributed by atoms with Gasteiger partial charge in [0, 0.05) is 23.6 Å². The predicted molar refractivity (Wildman–Crippen MR) is 86.7 cm³/mol. The molecule has 1 fully saturated rings. The van der Waals surface area contributed by atoms with Crippen LogP contribution in [-0.2, 0) is 6.42 Å². The van der Waals surface area contributed by atoms with Gasteiger partial charge in [0.25, 0.3) is 0 Å². The summed E-state index contributed by atoms with van der Waals surface area (Å²) in [5.41, 5.74) is 8.69. The second-order valence-electron chi connectivity index (χ2n) is 5.67. The lowest BCUT2D eigenvalue weighted by Gasteiger charge is -2.21. The number of hydrogen-bond donors (Lipinski definition) is 1. The van der Waals surface area contributed by atoms with Crippen LogP contribution in [0.1, 0.15) is 38.7 Å². The largest absolute Gasteiger partial charge is 0.370 e. The zero-order valence-corrected chi connectivity index (χ0v) is 13.6. The summed E-state index contributed by atoms with van der Waals surface area (Å²) < 4.78 is 1.21. The summed E-state index contributed by atoms with van der Waals surface area (Å²) in [4.78, 5) is 2.50. The molecule has 3 heteroatoms. The minimum Gasteiger partial charge on any atom is -0.370 e. The molecular formula is C16H25BrN2. The quantitative estimate of drug-likeness (QED) is 0.888. The molecule has 106 valence electrons. The average molecular weight is 325 g/mol. The van der Waals surface area contributed by atoms with Gasteiger partial charge in [-0.15, -0.1) is 0 Å². The van der Waals surface area contributed by atoms with Gasteiger partial charge in [-0.2, -0.15) is 0 Å². The van der Waals surface area contributed by atoms with Crippen LogP contribution >= 0.6 is 15.9 Å². The van der Waals surface area contributed by atoms with E-state index in [9.17, 15) is 0 Å². The number of benzene rings is 1. The molecule has 0 saturated carbocycles. The van der Waals surface area contributed by atoms with Gasteiger partial charge >= 0.3 is 0 Å². The second-order valence-corrected chi connectivity index (χ2v) is 6.52. The van der Waals surface area contributed by atoms with Gasteiger partial charge in [0.15, 0.2) is 0 Å². The fourth-order valence-corrected chi connectivity index (χ4v) is 3.44. The lowest BCUT2D eigenvalue weighted by molar-refractivity contribution is 0.569.